The van der Waals surface area contributed by atoms with Crippen molar-refractivity contribution in [2.24, 2.45) is 11.8 Å². The molecule has 7 nitrogen and oxygen atoms in total. The van der Waals surface area contributed by atoms with Gasteiger partial charge in [-0.3, -0.25) is 14.7 Å². The van der Waals surface area contributed by atoms with E-state index in [1.54, 1.807) is 27.5 Å². The van der Waals surface area contributed by atoms with E-state index >= 15 is 0 Å². The summed E-state index contributed by atoms with van der Waals surface area (Å²) in [5.74, 6) is 0.126. The largest absolute Gasteiger partial charge is 0.278 e. The zero-order valence-corrected chi connectivity index (χ0v) is 25.0. The highest BCUT2D eigenvalue weighted by molar-refractivity contribution is 7.89. The molecular weight excluding hydrogens is 528 g/mol. The molecular formula is C30H36N4O3S2. The van der Waals surface area contributed by atoms with Crippen molar-refractivity contribution < 1.29 is 13.2 Å². The summed E-state index contributed by atoms with van der Waals surface area (Å²) >= 11 is 1.47. The van der Waals surface area contributed by atoms with Gasteiger partial charge in [-0.05, 0) is 73.2 Å². The van der Waals surface area contributed by atoms with E-state index in [2.05, 4.69) is 11.1 Å². The highest BCUT2D eigenvalue weighted by atomic mass is 32.2. The number of benzene rings is 2. The maximum Gasteiger partial charge on any atom is 0.260 e. The lowest BCUT2D eigenvalue weighted by molar-refractivity contribution is 0.0984. The summed E-state index contributed by atoms with van der Waals surface area (Å²) in [7, 11) is -3.69. The smallest absolute Gasteiger partial charge is 0.260 e. The minimum absolute atomic E-state index is 0.183. The molecule has 0 unspecified atom stereocenters. The molecule has 1 amide bonds. The van der Waals surface area contributed by atoms with Crippen LogP contribution in [-0.4, -0.2) is 41.7 Å². The van der Waals surface area contributed by atoms with Crippen LogP contribution in [0.2, 0.25) is 0 Å². The molecule has 0 bridgehead atoms. The Morgan fingerprint density at radius 2 is 1.54 bits per heavy atom. The number of nitrogens with zero attached hydrogens (tertiary/aromatic N) is 4. The predicted molar refractivity (Wildman–Crippen MR) is 159 cm³/mol. The summed E-state index contributed by atoms with van der Waals surface area (Å²) in [6.45, 7) is 13.2. The molecule has 0 atom stereocenters. The Bertz CT molecular complexity index is 1500. The van der Waals surface area contributed by atoms with Crippen molar-refractivity contribution in [1.82, 2.24) is 14.3 Å². The van der Waals surface area contributed by atoms with E-state index in [0.29, 0.717) is 23.8 Å². The number of hydrogen-bond acceptors (Lipinski definition) is 6. The standard InChI is InChI=1S/C30H36N4O3S2/c1-20(2)17-33(18-21(3)4)39(36,37)26-14-12-24(13-15-26)29(35)34(19-25-9-7-8-16-31-25)30-32-27-22(5)10-11-23(6)28(27)38-30/h7-16,20-21H,17-19H2,1-6H3. The Kier molecular flexibility index (Phi) is 8.83. The van der Waals surface area contributed by atoms with Gasteiger partial charge in [0.25, 0.3) is 5.91 Å². The third kappa shape index (κ3) is 6.54. The van der Waals surface area contributed by atoms with Gasteiger partial charge in [0.2, 0.25) is 10.0 Å². The van der Waals surface area contributed by atoms with Crippen LogP contribution >= 0.6 is 11.3 Å². The van der Waals surface area contributed by atoms with Crippen LogP contribution in [-0.2, 0) is 16.6 Å². The Hall–Kier alpha value is -3.14. The second-order valence-corrected chi connectivity index (χ2v) is 13.6. The fourth-order valence-electron chi connectivity index (χ4n) is 4.40. The normalized spacial score (nSPS) is 12.1. The topological polar surface area (TPSA) is 83.5 Å². The van der Waals surface area contributed by atoms with E-state index < -0.39 is 10.0 Å². The second kappa shape index (κ2) is 11.9. The first-order chi connectivity index (χ1) is 18.5. The van der Waals surface area contributed by atoms with Gasteiger partial charge >= 0.3 is 0 Å². The number of sulfonamides is 1. The van der Waals surface area contributed by atoms with Crippen molar-refractivity contribution >= 4 is 42.6 Å². The van der Waals surface area contributed by atoms with Crippen molar-refractivity contribution in [3.63, 3.8) is 0 Å². The molecule has 0 radical (unpaired) electrons. The Labute approximate surface area is 235 Å². The van der Waals surface area contributed by atoms with E-state index in [1.807, 2.05) is 65.8 Å². The molecule has 2 heterocycles. The average molecular weight is 565 g/mol. The van der Waals surface area contributed by atoms with E-state index in [0.717, 1.165) is 27.0 Å². The van der Waals surface area contributed by atoms with Crippen LogP contribution in [0.15, 0.2) is 65.7 Å². The van der Waals surface area contributed by atoms with Crippen molar-refractivity contribution in [3.05, 3.63) is 83.2 Å². The molecule has 0 saturated heterocycles. The number of aromatic nitrogens is 2. The van der Waals surface area contributed by atoms with E-state index in [9.17, 15) is 13.2 Å². The van der Waals surface area contributed by atoms with E-state index in [4.69, 9.17) is 4.98 Å². The summed E-state index contributed by atoms with van der Waals surface area (Å²) in [6.07, 6.45) is 1.70. The van der Waals surface area contributed by atoms with Crippen LogP contribution in [0.4, 0.5) is 5.13 Å². The monoisotopic (exact) mass is 564 g/mol. The number of pyridine rings is 1. The second-order valence-electron chi connectivity index (χ2n) is 10.7. The third-order valence-electron chi connectivity index (χ3n) is 6.33. The average Bonchev–Trinajstić information content (AvgIpc) is 3.35. The minimum Gasteiger partial charge on any atom is -0.278 e. The van der Waals surface area contributed by atoms with Crippen molar-refractivity contribution in [2.45, 2.75) is 53.0 Å². The summed E-state index contributed by atoms with van der Waals surface area (Å²) in [6, 6.07) is 15.9. The van der Waals surface area contributed by atoms with Crippen molar-refractivity contribution in [3.8, 4) is 0 Å². The lowest BCUT2D eigenvalue weighted by Gasteiger charge is -2.26. The van der Waals surface area contributed by atoms with Gasteiger partial charge in [0.15, 0.2) is 5.13 Å². The number of thiazole rings is 1. The fraction of sp³-hybridized carbons (Fsp3) is 0.367. The quantitative estimate of drug-likeness (QED) is 0.221. The molecule has 0 aliphatic heterocycles. The van der Waals surface area contributed by atoms with Crippen LogP contribution < -0.4 is 4.90 Å². The highest BCUT2D eigenvalue weighted by Crippen LogP contribution is 2.34. The molecule has 4 aromatic rings. The van der Waals surface area contributed by atoms with Gasteiger partial charge in [-0.25, -0.2) is 13.4 Å². The predicted octanol–water partition coefficient (Wildman–Crippen LogP) is 6.46. The zero-order valence-electron chi connectivity index (χ0n) is 23.4. The van der Waals surface area contributed by atoms with Crippen LogP contribution in [0.3, 0.4) is 0 Å². The molecule has 0 N–H and O–H groups in total. The van der Waals surface area contributed by atoms with Gasteiger partial charge in [-0.1, -0.05) is 57.2 Å². The summed E-state index contributed by atoms with van der Waals surface area (Å²) in [5.41, 5.74) is 4.15. The number of carbonyl (C=O) groups is 1. The number of anilines is 1. The first-order valence-electron chi connectivity index (χ1n) is 13.2. The number of rotatable bonds is 10. The molecule has 2 aromatic carbocycles. The van der Waals surface area contributed by atoms with Gasteiger partial charge in [0.1, 0.15) is 0 Å². The molecule has 0 fully saturated rings. The third-order valence-corrected chi connectivity index (χ3v) is 9.39. The number of aryl methyl sites for hydroxylation is 2. The number of hydrogen-bond donors (Lipinski definition) is 0. The molecule has 2 aromatic heterocycles. The first-order valence-corrected chi connectivity index (χ1v) is 15.4. The van der Waals surface area contributed by atoms with Crippen LogP contribution in [0.5, 0.6) is 0 Å². The van der Waals surface area contributed by atoms with Crippen molar-refractivity contribution in [2.75, 3.05) is 18.0 Å². The molecule has 9 heteroatoms. The van der Waals surface area contributed by atoms with Gasteiger partial charge in [0.05, 0.1) is 27.4 Å². The summed E-state index contributed by atoms with van der Waals surface area (Å²) in [4.78, 5) is 25.0. The van der Waals surface area contributed by atoms with Crippen LogP contribution in [0, 0.1) is 25.7 Å². The molecule has 206 valence electrons. The molecule has 0 aliphatic carbocycles. The van der Waals surface area contributed by atoms with Crippen molar-refractivity contribution in [1.29, 1.82) is 0 Å². The summed E-state index contributed by atoms with van der Waals surface area (Å²) < 4.78 is 29.5. The Morgan fingerprint density at radius 3 is 2.10 bits per heavy atom. The first kappa shape index (κ1) is 28.9. The van der Waals surface area contributed by atoms with E-state index in [-0.39, 0.29) is 29.2 Å². The van der Waals surface area contributed by atoms with Gasteiger partial charge in [-0.2, -0.15) is 4.31 Å². The van der Waals surface area contributed by atoms with Crippen LogP contribution in [0.1, 0.15) is 54.9 Å². The van der Waals surface area contributed by atoms with Crippen LogP contribution in [0.25, 0.3) is 10.2 Å². The maximum absolute atomic E-state index is 13.9. The van der Waals surface area contributed by atoms with Gasteiger partial charge < -0.3 is 0 Å². The molecule has 0 aliphatic rings. The SMILES string of the molecule is Cc1ccc(C)c2sc(N(Cc3ccccn3)C(=O)c3ccc(S(=O)(=O)N(CC(C)C)CC(C)C)cc3)nc12. The number of fused-ring (bicyclic) bond motifs is 1. The molecule has 39 heavy (non-hydrogen) atoms. The number of carbonyl (C=O) groups excluding carboxylic acids is 1. The maximum atomic E-state index is 13.9. The van der Waals surface area contributed by atoms with Gasteiger partial charge in [0, 0.05) is 24.8 Å². The lowest BCUT2D eigenvalue weighted by Crippen LogP contribution is -2.37. The van der Waals surface area contributed by atoms with Gasteiger partial charge in [-0.15, -0.1) is 0 Å². The molecule has 0 spiro atoms. The molecule has 0 saturated carbocycles. The molecule has 4 rings (SSSR count). The number of amides is 1. The Morgan fingerprint density at radius 1 is 0.897 bits per heavy atom. The zero-order chi connectivity index (χ0) is 28.3. The lowest BCUT2D eigenvalue weighted by atomic mass is 10.1. The highest BCUT2D eigenvalue weighted by Gasteiger charge is 2.27. The van der Waals surface area contributed by atoms with E-state index in [1.165, 1.54) is 23.5 Å². The Balaban J connectivity index is 1.70. The summed E-state index contributed by atoms with van der Waals surface area (Å²) in [5, 5.41) is 0.579. The minimum atomic E-state index is -3.69. The fourth-order valence-corrected chi connectivity index (χ4v) is 7.28.